The van der Waals surface area contributed by atoms with E-state index >= 15 is 0 Å². The molecule has 0 spiro atoms. The summed E-state index contributed by atoms with van der Waals surface area (Å²) < 4.78 is 16.0. The van der Waals surface area contributed by atoms with Gasteiger partial charge in [-0.25, -0.2) is 4.79 Å². The van der Waals surface area contributed by atoms with E-state index in [-0.39, 0.29) is 29.9 Å². The lowest BCUT2D eigenvalue weighted by Gasteiger charge is -2.14. The second-order valence-corrected chi connectivity index (χ2v) is 6.32. The highest BCUT2D eigenvalue weighted by Gasteiger charge is 2.24. The molecule has 146 valence electrons. The fraction of sp³-hybridized carbons (Fsp3) is 0.238. The van der Waals surface area contributed by atoms with Gasteiger partial charge in [-0.3, -0.25) is 4.79 Å². The van der Waals surface area contributed by atoms with Gasteiger partial charge in [-0.1, -0.05) is 29.8 Å². The molecule has 2 aromatic carbocycles. The van der Waals surface area contributed by atoms with Crippen molar-refractivity contribution in [3.05, 3.63) is 52.5 Å². The maximum absolute atomic E-state index is 12.3. The van der Waals surface area contributed by atoms with Crippen LogP contribution in [0.4, 0.5) is 5.69 Å². The molecule has 3 rings (SSSR count). The number of halogens is 1. The summed E-state index contributed by atoms with van der Waals surface area (Å²) in [6.07, 6.45) is 1.74. The molecule has 0 unspecified atom stereocenters. The molecule has 0 atom stereocenters. The second-order valence-electron chi connectivity index (χ2n) is 5.91. The molecule has 1 aliphatic rings. The monoisotopic (exact) mass is 401 g/mol. The van der Waals surface area contributed by atoms with E-state index in [0.29, 0.717) is 23.5 Å². The van der Waals surface area contributed by atoms with E-state index in [1.165, 1.54) is 0 Å². The number of para-hydroxylation sites is 1. The molecule has 1 heterocycles. The van der Waals surface area contributed by atoms with Crippen LogP contribution in [0.1, 0.15) is 25.0 Å². The van der Waals surface area contributed by atoms with Gasteiger partial charge in [0.15, 0.2) is 18.1 Å². The zero-order valence-corrected chi connectivity index (χ0v) is 16.3. The minimum atomic E-state index is -0.494. The number of rotatable bonds is 7. The highest BCUT2D eigenvalue weighted by Crippen LogP contribution is 2.39. The number of ether oxygens (including phenoxy) is 3. The number of esters is 1. The third-order valence-corrected chi connectivity index (χ3v) is 4.27. The van der Waals surface area contributed by atoms with Gasteiger partial charge in [-0.15, -0.1) is 0 Å². The summed E-state index contributed by atoms with van der Waals surface area (Å²) in [6, 6.07) is 10.8. The lowest BCUT2D eigenvalue weighted by atomic mass is 10.0. The number of anilines is 1. The van der Waals surface area contributed by atoms with E-state index in [1.807, 2.05) is 31.2 Å². The number of amides is 1. The molecule has 0 saturated heterocycles. The van der Waals surface area contributed by atoms with Crippen molar-refractivity contribution < 1.29 is 23.8 Å². The van der Waals surface area contributed by atoms with Gasteiger partial charge in [-0.2, -0.15) is 0 Å². The van der Waals surface area contributed by atoms with Crippen LogP contribution in [-0.2, 0) is 14.3 Å². The standard InChI is InChI=1S/C21H20ClNO5/c1-3-26-18-11-13(10-16(22)20(18)28-12-19(24)27-4-2)9-15-14-7-5-6-8-17(14)23-21(15)25/h5-11H,3-4,12H2,1-2H3,(H,23,25)/b15-9-. The van der Waals surface area contributed by atoms with Crippen molar-refractivity contribution in [2.24, 2.45) is 0 Å². The molecule has 0 aromatic heterocycles. The summed E-state index contributed by atoms with van der Waals surface area (Å²) in [7, 11) is 0. The summed E-state index contributed by atoms with van der Waals surface area (Å²) >= 11 is 6.37. The first-order valence-electron chi connectivity index (χ1n) is 8.90. The van der Waals surface area contributed by atoms with Crippen molar-refractivity contribution in [3.8, 4) is 11.5 Å². The SMILES string of the molecule is CCOC(=O)COc1c(Cl)cc(/C=C2\C(=O)Nc3ccccc32)cc1OCC. The summed E-state index contributed by atoms with van der Waals surface area (Å²) in [5.41, 5.74) is 2.81. The minimum Gasteiger partial charge on any atom is -0.490 e. The maximum Gasteiger partial charge on any atom is 0.344 e. The number of carbonyl (C=O) groups excluding carboxylic acids is 2. The van der Waals surface area contributed by atoms with E-state index in [9.17, 15) is 9.59 Å². The van der Waals surface area contributed by atoms with Crippen molar-refractivity contribution in [2.45, 2.75) is 13.8 Å². The fourth-order valence-electron chi connectivity index (χ4n) is 2.86. The van der Waals surface area contributed by atoms with Crippen LogP contribution in [0.3, 0.4) is 0 Å². The summed E-state index contributed by atoms with van der Waals surface area (Å²) in [5.74, 6) is -0.0304. The van der Waals surface area contributed by atoms with Gasteiger partial charge < -0.3 is 19.5 Å². The number of nitrogens with one attached hydrogen (secondary N) is 1. The van der Waals surface area contributed by atoms with Crippen molar-refractivity contribution in [3.63, 3.8) is 0 Å². The lowest BCUT2D eigenvalue weighted by molar-refractivity contribution is -0.145. The van der Waals surface area contributed by atoms with E-state index in [1.54, 1.807) is 25.1 Å². The van der Waals surface area contributed by atoms with Crippen LogP contribution in [0.5, 0.6) is 11.5 Å². The highest BCUT2D eigenvalue weighted by atomic mass is 35.5. The van der Waals surface area contributed by atoms with Crippen LogP contribution < -0.4 is 14.8 Å². The van der Waals surface area contributed by atoms with E-state index in [4.69, 9.17) is 25.8 Å². The molecule has 1 N–H and O–H groups in total. The molecule has 6 nitrogen and oxygen atoms in total. The predicted molar refractivity (Wildman–Crippen MR) is 108 cm³/mol. The van der Waals surface area contributed by atoms with Gasteiger partial charge in [0.05, 0.1) is 18.2 Å². The summed E-state index contributed by atoms with van der Waals surface area (Å²) in [6.45, 7) is 3.93. The number of carbonyl (C=O) groups is 2. The van der Waals surface area contributed by atoms with Crippen LogP contribution in [0.25, 0.3) is 11.6 Å². The first-order valence-corrected chi connectivity index (χ1v) is 9.28. The third-order valence-electron chi connectivity index (χ3n) is 3.99. The molecule has 28 heavy (non-hydrogen) atoms. The minimum absolute atomic E-state index is 0.182. The van der Waals surface area contributed by atoms with Gasteiger partial charge in [0, 0.05) is 16.8 Å². The van der Waals surface area contributed by atoms with Crippen LogP contribution in [0.2, 0.25) is 5.02 Å². The Morgan fingerprint density at radius 1 is 1.14 bits per heavy atom. The Hall–Kier alpha value is -2.99. The molecular weight excluding hydrogens is 382 g/mol. The van der Waals surface area contributed by atoms with E-state index in [2.05, 4.69) is 5.32 Å². The quantitative estimate of drug-likeness (QED) is 0.556. The average molecular weight is 402 g/mol. The topological polar surface area (TPSA) is 73.9 Å². The zero-order chi connectivity index (χ0) is 20.1. The van der Waals surface area contributed by atoms with Crippen molar-refractivity contribution >= 4 is 40.8 Å². The highest BCUT2D eigenvalue weighted by molar-refractivity contribution is 6.35. The Balaban J connectivity index is 1.93. The maximum atomic E-state index is 12.3. The average Bonchev–Trinajstić information content (AvgIpc) is 2.97. The molecule has 1 aliphatic heterocycles. The number of benzene rings is 2. The normalized spacial score (nSPS) is 13.8. The largest absolute Gasteiger partial charge is 0.490 e. The zero-order valence-electron chi connectivity index (χ0n) is 15.6. The first-order chi connectivity index (χ1) is 13.5. The molecular formula is C21H20ClNO5. The summed E-state index contributed by atoms with van der Waals surface area (Å²) in [5, 5.41) is 3.10. The Bertz CT molecular complexity index is 938. The smallest absolute Gasteiger partial charge is 0.344 e. The molecule has 0 saturated carbocycles. The molecule has 2 aromatic rings. The van der Waals surface area contributed by atoms with Gasteiger partial charge in [0.25, 0.3) is 5.91 Å². The van der Waals surface area contributed by atoms with Gasteiger partial charge in [-0.05, 0) is 43.7 Å². The fourth-order valence-corrected chi connectivity index (χ4v) is 3.13. The van der Waals surface area contributed by atoms with Crippen molar-refractivity contribution in [1.29, 1.82) is 0 Å². The Morgan fingerprint density at radius 3 is 2.68 bits per heavy atom. The third kappa shape index (κ3) is 4.28. The van der Waals surface area contributed by atoms with Crippen molar-refractivity contribution in [1.82, 2.24) is 0 Å². The molecule has 0 fully saturated rings. The Labute approximate surface area is 168 Å². The second kappa shape index (κ2) is 8.80. The van der Waals surface area contributed by atoms with E-state index in [0.717, 1.165) is 11.3 Å². The molecule has 7 heteroatoms. The molecule has 0 radical (unpaired) electrons. The summed E-state index contributed by atoms with van der Waals surface area (Å²) in [4.78, 5) is 23.9. The number of fused-ring (bicyclic) bond motifs is 1. The van der Waals surface area contributed by atoms with Gasteiger partial charge >= 0.3 is 5.97 Å². The van der Waals surface area contributed by atoms with Gasteiger partial charge in [0.2, 0.25) is 0 Å². The van der Waals surface area contributed by atoms with Crippen LogP contribution in [0.15, 0.2) is 36.4 Å². The Morgan fingerprint density at radius 2 is 1.93 bits per heavy atom. The van der Waals surface area contributed by atoms with Crippen molar-refractivity contribution in [2.75, 3.05) is 25.1 Å². The van der Waals surface area contributed by atoms with Crippen LogP contribution in [-0.4, -0.2) is 31.7 Å². The lowest BCUT2D eigenvalue weighted by Crippen LogP contribution is -2.15. The first kappa shape index (κ1) is 19.8. The Kier molecular flexibility index (Phi) is 6.21. The number of hydrogen-bond acceptors (Lipinski definition) is 5. The predicted octanol–water partition coefficient (Wildman–Crippen LogP) is 4.17. The molecule has 0 bridgehead atoms. The molecule has 0 aliphatic carbocycles. The van der Waals surface area contributed by atoms with Crippen LogP contribution in [0, 0.1) is 0 Å². The van der Waals surface area contributed by atoms with E-state index < -0.39 is 5.97 Å². The van der Waals surface area contributed by atoms with Crippen LogP contribution >= 0.6 is 11.6 Å². The van der Waals surface area contributed by atoms with Gasteiger partial charge in [0.1, 0.15) is 0 Å². The number of hydrogen-bond donors (Lipinski definition) is 1. The molecule has 1 amide bonds.